The fraction of sp³-hybridized carbons (Fsp3) is 0.600. The zero-order chi connectivity index (χ0) is 13.4. The third-order valence-corrected chi connectivity index (χ3v) is 4.06. The van der Waals surface area contributed by atoms with Gasteiger partial charge in [0.25, 0.3) is 0 Å². The molecule has 1 aliphatic rings. The van der Waals surface area contributed by atoms with E-state index in [1.165, 1.54) is 5.56 Å². The molecule has 0 radical (unpaired) electrons. The van der Waals surface area contributed by atoms with E-state index in [1.807, 2.05) is 19.9 Å². The van der Waals surface area contributed by atoms with Crippen LogP contribution in [0.15, 0.2) is 18.2 Å². The van der Waals surface area contributed by atoms with Crippen LogP contribution in [0, 0.1) is 0 Å². The summed E-state index contributed by atoms with van der Waals surface area (Å²) < 4.78 is 10.8. The molecule has 2 rings (SSSR count). The van der Waals surface area contributed by atoms with Crippen LogP contribution < -0.4 is 4.74 Å². The lowest BCUT2D eigenvalue weighted by molar-refractivity contribution is -0.158. The van der Waals surface area contributed by atoms with Crippen LogP contribution in [0.3, 0.4) is 0 Å². The van der Waals surface area contributed by atoms with Gasteiger partial charge in [0.1, 0.15) is 5.75 Å². The minimum Gasteiger partial charge on any atom is -0.496 e. The van der Waals surface area contributed by atoms with E-state index >= 15 is 0 Å². The summed E-state index contributed by atoms with van der Waals surface area (Å²) in [6.45, 7) is 6.89. The monoisotopic (exact) mass is 250 g/mol. The van der Waals surface area contributed by atoms with E-state index < -0.39 is 5.60 Å². The van der Waals surface area contributed by atoms with E-state index in [2.05, 4.69) is 19.1 Å². The Hall–Kier alpha value is -1.06. The molecule has 0 atom stereocenters. The second-order valence-corrected chi connectivity index (χ2v) is 5.52. The van der Waals surface area contributed by atoms with Crippen molar-refractivity contribution in [1.82, 2.24) is 0 Å². The van der Waals surface area contributed by atoms with Crippen LogP contribution in [-0.4, -0.2) is 31.0 Å². The third-order valence-electron chi connectivity index (χ3n) is 4.06. The van der Waals surface area contributed by atoms with E-state index in [0.717, 1.165) is 17.7 Å². The summed E-state index contributed by atoms with van der Waals surface area (Å²) in [5.41, 5.74) is 1.12. The Morgan fingerprint density at radius 2 is 2.06 bits per heavy atom. The van der Waals surface area contributed by atoms with Crippen molar-refractivity contribution in [1.29, 1.82) is 0 Å². The lowest BCUT2D eigenvalue weighted by Gasteiger charge is -2.50. The van der Waals surface area contributed by atoms with Crippen LogP contribution in [0.25, 0.3) is 0 Å². The van der Waals surface area contributed by atoms with Crippen LogP contribution in [0.2, 0.25) is 0 Å². The number of hydrogen-bond acceptors (Lipinski definition) is 3. The maximum Gasteiger partial charge on any atom is 0.122 e. The maximum absolute atomic E-state index is 10.5. The highest BCUT2D eigenvalue weighted by atomic mass is 16.5. The van der Waals surface area contributed by atoms with Crippen molar-refractivity contribution >= 4 is 0 Å². The van der Waals surface area contributed by atoms with Gasteiger partial charge in [-0.2, -0.15) is 0 Å². The van der Waals surface area contributed by atoms with Crippen LogP contribution in [0.1, 0.15) is 31.9 Å². The highest BCUT2D eigenvalue weighted by Crippen LogP contribution is 2.45. The summed E-state index contributed by atoms with van der Waals surface area (Å²) in [4.78, 5) is 0. The van der Waals surface area contributed by atoms with Gasteiger partial charge in [-0.3, -0.25) is 0 Å². The van der Waals surface area contributed by atoms with Crippen molar-refractivity contribution in [3.05, 3.63) is 29.3 Å². The molecule has 3 heteroatoms. The van der Waals surface area contributed by atoms with Gasteiger partial charge < -0.3 is 14.6 Å². The van der Waals surface area contributed by atoms with Gasteiger partial charge in [0, 0.05) is 5.56 Å². The Morgan fingerprint density at radius 3 is 2.44 bits per heavy atom. The Balaban J connectivity index is 2.54. The quantitative estimate of drug-likeness (QED) is 0.891. The summed E-state index contributed by atoms with van der Waals surface area (Å²) in [5, 5.41) is 10.5. The van der Waals surface area contributed by atoms with E-state index in [4.69, 9.17) is 9.47 Å². The standard InChI is InChI=1S/C15H22O3/c1-5-11-6-7-13(17-4)12(8-11)15(9-18-10-15)14(2,3)16/h6-8,16H,5,9-10H2,1-4H3. The number of hydrogen-bond donors (Lipinski definition) is 1. The van der Waals surface area contributed by atoms with Gasteiger partial charge in [-0.25, -0.2) is 0 Å². The van der Waals surface area contributed by atoms with Gasteiger partial charge in [0.15, 0.2) is 0 Å². The van der Waals surface area contributed by atoms with Crippen LogP contribution >= 0.6 is 0 Å². The van der Waals surface area contributed by atoms with Crippen LogP contribution in [0.4, 0.5) is 0 Å². The minimum atomic E-state index is -0.828. The summed E-state index contributed by atoms with van der Waals surface area (Å²) in [6.07, 6.45) is 0.972. The molecule has 1 fully saturated rings. The number of rotatable bonds is 4. The first-order valence-electron chi connectivity index (χ1n) is 6.42. The average Bonchev–Trinajstić information content (AvgIpc) is 2.25. The Bertz CT molecular complexity index is 428. The molecule has 3 nitrogen and oxygen atoms in total. The number of benzene rings is 1. The van der Waals surface area contributed by atoms with Crippen LogP contribution in [0.5, 0.6) is 5.75 Å². The summed E-state index contributed by atoms with van der Waals surface area (Å²) in [7, 11) is 1.67. The first kappa shape index (κ1) is 13.4. The number of ether oxygens (including phenoxy) is 2. The lowest BCUT2D eigenvalue weighted by Crippen LogP contribution is -2.60. The second kappa shape index (κ2) is 4.56. The fourth-order valence-corrected chi connectivity index (χ4v) is 2.49. The van der Waals surface area contributed by atoms with Crippen molar-refractivity contribution in [2.75, 3.05) is 20.3 Å². The molecule has 100 valence electrons. The molecule has 18 heavy (non-hydrogen) atoms. The predicted molar refractivity (Wildman–Crippen MR) is 71.2 cm³/mol. The molecule has 1 N–H and O–H groups in total. The van der Waals surface area contributed by atoms with Gasteiger partial charge in [-0.05, 0) is 31.9 Å². The van der Waals surface area contributed by atoms with Crippen molar-refractivity contribution in [3.8, 4) is 5.75 Å². The zero-order valence-electron chi connectivity index (χ0n) is 11.6. The minimum absolute atomic E-state index is 0.358. The van der Waals surface area contributed by atoms with Gasteiger partial charge in [0.05, 0.1) is 31.3 Å². The van der Waals surface area contributed by atoms with Gasteiger partial charge in [0.2, 0.25) is 0 Å². The molecule has 1 saturated heterocycles. The molecule has 0 aliphatic carbocycles. The molecule has 0 saturated carbocycles. The van der Waals surface area contributed by atoms with Gasteiger partial charge >= 0.3 is 0 Å². The molecule has 1 heterocycles. The van der Waals surface area contributed by atoms with E-state index in [9.17, 15) is 5.11 Å². The zero-order valence-corrected chi connectivity index (χ0v) is 11.6. The second-order valence-electron chi connectivity index (χ2n) is 5.52. The number of aryl methyl sites for hydroxylation is 1. The molecule has 0 unspecified atom stereocenters. The Morgan fingerprint density at radius 1 is 1.39 bits per heavy atom. The third kappa shape index (κ3) is 1.91. The van der Waals surface area contributed by atoms with Crippen molar-refractivity contribution in [2.24, 2.45) is 0 Å². The molecule has 1 aromatic rings. The summed E-state index contributed by atoms with van der Waals surface area (Å²) in [5.74, 6) is 0.831. The molecular formula is C15H22O3. The highest BCUT2D eigenvalue weighted by molar-refractivity contribution is 5.46. The van der Waals surface area contributed by atoms with E-state index in [1.54, 1.807) is 7.11 Å². The fourth-order valence-electron chi connectivity index (χ4n) is 2.49. The van der Waals surface area contributed by atoms with Gasteiger partial charge in [-0.1, -0.05) is 19.1 Å². The largest absolute Gasteiger partial charge is 0.496 e. The SMILES string of the molecule is CCc1ccc(OC)c(C2(C(C)(C)O)COC2)c1. The summed E-state index contributed by atoms with van der Waals surface area (Å²) >= 11 is 0. The van der Waals surface area contributed by atoms with Gasteiger partial charge in [-0.15, -0.1) is 0 Å². The van der Waals surface area contributed by atoms with E-state index in [-0.39, 0.29) is 5.41 Å². The molecule has 1 aromatic carbocycles. The molecule has 0 spiro atoms. The predicted octanol–water partition coefficient (Wildman–Crippen LogP) is 2.30. The smallest absolute Gasteiger partial charge is 0.122 e. The number of aliphatic hydroxyl groups is 1. The Kier molecular flexibility index (Phi) is 3.39. The first-order valence-corrected chi connectivity index (χ1v) is 6.42. The highest BCUT2D eigenvalue weighted by Gasteiger charge is 2.53. The maximum atomic E-state index is 10.5. The molecule has 0 aromatic heterocycles. The Labute approximate surface area is 109 Å². The normalized spacial score (nSPS) is 18.3. The first-order chi connectivity index (χ1) is 8.44. The number of methoxy groups -OCH3 is 1. The molecule has 0 bridgehead atoms. The summed E-state index contributed by atoms with van der Waals surface area (Å²) in [6, 6.07) is 6.19. The molecule has 0 amide bonds. The van der Waals surface area contributed by atoms with Crippen molar-refractivity contribution < 1.29 is 14.6 Å². The van der Waals surface area contributed by atoms with Crippen molar-refractivity contribution in [2.45, 2.75) is 38.2 Å². The lowest BCUT2D eigenvalue weighted by atomic mass is 9.66. The molecule has 1 aliphatic heterocycles. The molecular weight excluding hydrogens is 228 g/mol. The average molecular weight is 250 g/mol. The van der Waals surface area contributed by atoms with Crippen LogP contribution in [-0.2, 0) is 16.6 Å². The topological polar surface area (TPSA) is 38.7 Å². The van der Waals surface area contributed by atoms with E-state index in [0.29, 0.717) is 13.2 Å². The van der Waals surface area contributed by atoms with Crippen molar-refractivity contribution in [3.63, 3.8) is 0 Å².